The Labute approximate surface area is 169 Å². The molecule has 0 aliphatic heterocycles. The Balaban J connectivity index is 2.01. The van der Waals surface area contributed by atoms with Gasteiger partial charge in [-0.1, -0.05) is 37.3 Å². The second-order valence-corrected chi connectivity index (χ2v) is 8.13. The lowest BCUT2D eigenvalue weighted by Gasteiger charge is -2.31. The zero-order valence-electron chi connectivity index (χ0n) is 17.8. The van der Waals surface area contributed by atoms with Crippen LogP contribution in [0.3, 0.4) is 0 Å². The number of carbonyl (C=O) groups is 1. The van der Waals surface area contributed by atoms with Gasteiger partial charge in [-0.15, -0.1) is 0 Å². The monoisotopic (exact) mass is 382 g/mol. The molecule has 2 unspecified atom stereocenters. The molecule has 2 atom stereocenters. The molecule has 4 heteroatoms. The molecular weight excluding hydrogens is 348 g/mol. The third kappa shape index (κ3) is 5.66. The number of amides is 1. The lowest BCUT2D eigenvalue weighted by molar-refractivity contribution is 0.0343. The summed E-state index contributed by atoms with van der Waals surface area (Å²) in [6.07, 6.45) is 2.44. The smallest absolute Gasteiger partial charge is 0.248 e. The number of likely N-dealkylation sites (N-methyl/N-ethyl adjacent to an activating group) is 1. The maximum absolute atomic E-state index is 11.4. The molecule has 0 aromatic heterocycles. The fourth-order valence-electron chi connectivity index (χ4n) is 3.57. The van der Waals surface area contributed by atoms with Crippen molar-refractivity contribution in [1.29, 1.82) is 0 Å². The largest absolute Gasteiger partial charge is 0.385 e. The lowest BCUT2D eigenvalue weighted by Crippen LogP contribution is -2.36. The number of carbonyl (C=O) groups excluding carboxylic acids is 1. The van der Waals surface area contributed by atoms with Crippen molar-refractivity contribution >= 4 is 5.91 Å². The van der Waals surface area contributed by atoms with Crippen LogP contribution in [0.4, 0.5) is 0 Å². The van der Waals surface area contributed by atoms with Gasteiger partial charge >= 0.3 is 0 Å². The van der Waals surface area contributed by atoms with Crippen LogP contribution in [0.1, 0.15) is 59.8 Å². The van der Waals surface area contributed by atoms with Crippen molar-refractivity contribution in [2.45, 2.75) is 58.6 Å². The minimum atomic E-state index is -0.866. The van der Waals surface area contributed by atoms with Crippen LogP contribution in [0, 0.1) is 6.92 Å². The van der Waals surface area contributed by atoms with Gasteiger partial charge in [0.2, 0.25) is 5.91 Å². The molecule has 2 rings (SSSR count). The number of aryl methyl sites for hydroxylation is 2. The average Bonchev–Trinajstić information content (AvgIpc) is 2.66. The maximum atomic E-state index is 11.4. The van der Waals surface area contributed by atoms with E-state index in [4.69, 9.17) is 5.73 Å². The van der Waals surface area contributed by atoms with Crippen molar-refractivity contribution in [2.24, 2.45) is 5.73 Å². The van der Waals surface area contributed by atoms with E-state index < -0.39 is 11.5 Å². The predicted molar refractivity (Wildman–Crippen MR) is 116 cm³/mol. The van der Waals surface area contributed by atoms with E-state index in [1.54, 1.807) is 6.07 Å². The van der Waals surface area contributed by atoms with Gasteiger partial charge in [-0.2, -0.15) is 0 Å². The molecule has 2 aromatic rings. The summed E-state index contributed by atoms with van der Waals surface area (Å²) in [5.41, 5.74) is 9.54. The second kappa shape index (κ2) is 9.35. The Morgan fingerprint density at radius 1 is 1.21 bits per heavy atom. The Kier molecular flexibility index (Phi) is 7.39. The van der Waals surface area contributed by atoms with Gasteiger partial charge in [0.05, 0.1) is 5.60 Å². The molecular formula is C24H34N2O2. The number of hydrogen-bond acceptors (Lipinski definition) is 3. The van der Waals surface area contributed by atoms with Crippen LogP contribution in [0.25, 0.3) is 0 Å². The first kappa shape index (κ1) is 22.1. The van der Waals surface area contributed by atoms with E-state index in [0.717, 1.165) is 36.1 Å². The van der Waals surface area contributed by atoms with Crippen LogP contribution in [-0.2, 0) is 18.4 Å². The number of rotatable bonds is 9. The fourth-order valence-corrected chi connectivity index (χ4v) is 3.57. The minimum Gasteiger partial charge on any atom is -0.385 e. The topological polar surface area (TPSA) is 66.6 Å². The summed E-state index contributed by atoms with van der Waals surface area (Å²) >= 11 is 0. The molecule has 2 aromatic carbocycles. The molecule has 0 radical (unpaired) electrons. The van der Waals surface area contributed by atoms with E-state index in [0.29, 0.717) is 12.0 Å². The van der Waals surface area contributed by atoms with Crippen LogP contribution in [-0.4, -0.2) is 35.5 Å². The van der Waals surface area contributed by atoms with Gasteiger partial charge in [-0.25, -0.2) is 0 Å². The van der Waals surface area contributed by atoms with E-state index in [-0.39, 0.29) is 6.04 Å². The Hall–Kier alpha value is -2.17. The summed E-state index contributed by atoms with van der Waals surface area (Å²) in [6, 6.07) is 14.1. The number of benzene rings is 2. The summed E-state index contributed by atoms with van der Waals surface area (Å²) < 4.78 is 0. The summed E-state index contributed by atoms with van der Waals surface area (Å²) in [5.74, 6) is -0.399. The molecule has 0 fully saturated rings. The van der Waals surface area contributed by atoms with Crippen molar-refractivity contribution in [2.75, 3.05) is 13.6 Å². The highest BCUT2D eigenvalue weighted by Crippen LogP contribution is 2.29. The molecule has 0 aliphatic carbocycles. The third-order valence-electron chi connectivity index (χ3n) is 5.74. The SMILES string of the molecule is CCc1ccc(C)c(C(C)(O)CCN(C)C(C)Cc2cccc(C(N)=O)c2)c1. The number of nitrogens with two attached hydrogens (primary N) is 1. The van der Waals surface area contributed by atoms with Crippen LogP contribution >= 0.6 is 0 Å². The van der Waals surface area contributed by atoms with E-state index in [1.165, 1.54) is 5.56 Å². The Morgan fingerprint density at radius 3 is 2.57 bits per heavy atom. The molecule has 0 aliphatic rings. The molecule has 1 amide bonds. The highest BCUT2D eigenvalue weighted by Gasteiger charge is 2.26. The number of hydrogen-bond donors (Lipinski definition) is 2. The van der Waals surface area contributed by atoms with Crippen LogP contribution < -0.4 is 5.73 Å². The summed E-state index contributed by atoms with van der Waals surface area (Å²) in [4.78, 5) is 13.6. The first-order chi connectivity index (χ1) is 13.1. The summed E-state index contributed by atoms with van der Waals surface area (Å²) in [5, 5.41) is 11.1. The highest BCUT2D eigenvalue weighted by molar-refractivity contribution is 5.92. The zero-order chi connectivity index (χ0) is 20.9. The maximum Gasteiger partial charge on any atom is 0.248 e. The van der Waals surface area contributed by atoms with Gasteiger partial charge in [0.15, 0.2) is 0 Å². The molecule has 4 nitrogen and oxygen atoms in total. The van der Waals surface area contributed by atoms with Crippen LogP contribution in [0.2, 0.25) is 0 Å². The molecule has 0 spiro atoms. The molecule has 0 bridgehead atoms. The highest BCUT2D eigenvalue weighted by atomic mass is 16.3. The van der Waals surface area contributed by atoms with Gasteiger partial charge in [0.25, 0.3) is 0 Å². The molecule has 3 N–H and O–H groups in total. The summed E-state index contributed by atoms with van der Waals surface area (Å²) in [6.45, 7) is 9.03. The number of nitrogens with zero attached hydrogens (tertiary/aromatic N) is 1. The first-order valence-electron chi connectivity index (χ1n) is 10.1. The Bertz CT molecular complexity index is 814. The quantitative estimate of drug-likeness (QED) is 0.693. The molecule has 28 heavy (non-hydrogen) atoms. The van der Waals surface area contributed by atoms with E-state index >= 15 is 0 Å². The average molecular weight is 383 g/mol. The Morgan fingerprint density at radius 2 is 1.93 bits per heavy atom. The van der Waals surface area contributed by atoms with E-state index in [9.17, 15) is 9.90 Å². The van der Waals surface area contributed by atoms with E-state index in [1.807, 2.05) is 25.1 Å². The normalized spacial score (nSPS) is 14.7. The second-order valence-electron chi connectivity index (χ2n) is 8.13. The molecule has 0 saturated heterocycles. The van der Waals surface area contributed by atoms with Crippen molar-refractivity contribution in [1.82, 2.24) is 4.90 Å². The first-order valence-corrected chi connectivity index (χ1v) is 10.1. The van der Waals surface area contributed by atoms with Crippen LogP contribution in [0.15, 0.2) is 42.5 Å². The van der Waals surface area contributed by atoms with Gasteiger partial charge in [-0.3, -0.25) is 4.79 Å². The standard InChI is InChI=1S/C24H34N2O2/c1-6-19-11-10-17(2)22(16-19)24(4,28)12-13-26(5)18(3)14-20-8-7-9-21(15-20)23(25)27/h7-11,15-16,18,28H,6,12-14H2,1-5H3,(H2,25,27). The molecule has 0 heterocycles. The molecule has 0 saturated carbocycles. The van der Waals surface area contributed by atoms with Gasteiger partial charge < -0.3 is 15.7 Å². The van der Waals surface area contributed by atoms with Gasteiger partial charge in [0, 0.05) is 18.2 Å². The third-order valence-corrected chi connectivity index (χ3v) is 5.74. The fraction of sp³-hybridized carbons (Fsp3) is 0.458. The number of aliphatic hydroxyl groups is 1. The molecule has 152 valence electrons. The van der Waals surface area contributed by atoms with E-state index in [2.05, 4.69) is 50.9 Å². The van der Waals surface area contributed by atoms with Gasteiger partial charge in [-0.05, 0) is 81.5 Å². The zero-order valence-corrected chi connectivity index (χ0v) is 17.8. The van der Waals surface area contributed by atoms with Crippen LogP contribution in [0.5, 0.6) is 0 Å². The van der Waals surface area contributed by atoms with Crippen molar-refractivity contribution in [3.05, 3.63) is 70.3 Å². The lowest BCUT2D eigenvalue weighted by atomic mass is 9.87. The van der Waals surface area contributed by atoms with Crippen molar-refractivity contribution in [3.8, 4) is 0 Å². The summed E-state index contributed by atoms with van der Waals surface area (Å²) in [7, 11) is 2.08. The minimum absolute atomic E-state index is 0.280. The van der Waals surface area contributed by atoms with Gasteiger partial charge in [0.1, 0.15) is 0 Å². The van der Waals surface area contributed by atoms with Crippen molar-refractivity contribution in [3.63, 3.8) is 0 Å². The van der Waals surface area contributed by atoms with Crippen molar-refractivity contribution < 1.29 is 9.90 Å². The predicted octanol–water partition coefficient (Wildman–Crippen LogP) is 3.82. The number of primary amides is 1.